The van der Waals surface area contributed by atoms with Crippen LogP contribution >= 0.6 is 11.3 Å². The number of nitrogens with one attached hydrogen (secondary N) is 1. The Bertz CT molecular complexity index is 991. The third kappa shape index (κ3) is 2.98. The van der Waals surface area contributed by atoms with Crippen molar-refractivity contribution in [1.29, 1.82) is 0 Å². The Kier molecular flexibility index (Phi) is 4.13. The van der Waals surface area contributed by atoms with Gasteiger partial charge in [-0.1, -0.05) is 24.3 Å². The largest absolute Gasteiger partial charge is 0.338 e. The van der Waals surface area contributed by atoms with Crippen molar-refractivity contribution >= 4 is 27.5 Å². The van der Waals surface area contributed by atoms with E-state index in [9.17, 15) is 9.59 Å². The Labute approximate surface area is 149 Å². The minimum Gasteiger partial charge on any atom is -0.338 e. The molecule has 0 radical (unpaired) electrons. The van der Waals surface area contributed by atoms with Crippen molar-refractivity contribution in [3.8, 4) is 0 Å². The summed E-state index contributed by atoms with van der Waals surface area (Å²) < 4.78 is 0.624. The van der Waals surface area contributed by atoms with Gasteiger partial charge in [0.15, 0.2) is 0 Å². The van der Waals surface area contributed by atoms with Gasteiger partial charge in [-0.05, 0) is 41.8 Å². The summed E-state index contributed by atoms with van der Waals surface area (Å²) in [6.07, 6.45) is 2.93. The van der Waals surface area contributed by atoms with E-state index in [1.807, 2.05) is 23.6 Å². The maximum atomic E-state index is 13.0. The van der Waals surface area contributed by atoms with Gasteiger partial charge < -0.3 is 9.88 Å². The topological polar surface area (TPSA) is 66.1 Å². The summed E-state index contributed by atoms with van der Waals surface area (Å²) in [7, 11) is 1.78. The van der Waals surface area contributed by atoms with Crippen molar-refractivity contribution < 1.29 is 4.79 Å². The SMILES string of the molecule is CN(Cc1nc2ccsc2c(=O)[nH]1)C(=O)C1CCCc2ccccc21. The molecule has 128 valence electrons. The number of aromatic nitrogens is 2. The highest BCUT2D eigenvalue weighted by atomic mass is 32.1. The van der Waals surface area contributed by atoms with Crippen LogP contribution in [0.2, 0.25) is 0 Å². The molecular weight excluding hydrogens is 334 g/mol. The molecule has 2 heterocycles. The lowest BCUT2D eigenvalue weighted by molar-refractivity contribution is -0.132. The number of rotatable bonds is 3. The van der Waals surface area contributed by atoms with E-state index < -0.39 is 0 Å². The summed E-state index contributed by atoms with van der Waals surface area (Å²) >= 11 is 1.38. The molecule has 6 heteroatoms. The molecule has 5 nitrogen and oxygen atoms in total. The lowest BCUT2D eigenvalue weighted by Crippen LogP contribution is -2.34. The molecule has 4 rings (SSSR count). The molecule has 1 aromatic carbocycles. The average Bonchev–Trinajstić information content (AvgIpc) is 3.09. The summed E-state index contributed by atoms with van der Waals surface area (Å²) in [5.41, 5.74) is 2.96. The molecule has 0 spiro atoms. The number of carbonyl (C=O) groups excluding carboxylic acids is 1. The summed E-state index contributed by atoms with van der Waals surface area (Å²) in [5, 5.41) is 1.85. The Hall–Kier alpha value is -2.47. The number of carbonyl (C=O) groups is 1. The van der Waals surface area contributed by atoms with Crippen LogP contribution in [0.3, 0.4) is 0 Å². The minimum atomic E-state index is -0.140. The molecule has 1 unspecified atom stereocenters. The van der Waals surface area contributed by atoms with Crippen LogP contribution in [0, 0.1) is 0 Å². The van der Waals surface area contributed by atoms with Crippen LogP contribution in [-0.4, -0.2) is 27.8 Å². The van der Waals surface area contributed by atoms with Gasteiger partial charge in [0.2, 0.25) is 5.91 Å². The fourth-order valence-electron chi connectivity index (χ4n) is 3.58. The lowest BCUT2D eigenvalue weighted by Gasteiger charge is -2.28. The lowest BCUT2D eigenvalue weighted by atomic mass is 9.82. The second-order valence-corrected chi connectivity index (χ2v) is 7.40. The highest BCUT2D eigenvalue weighted by molar-refractivity contribution is 7.17. The Morgan fingerprint density at radius 2 is 2.20 bits per heavy atom. The van der Waals surface area contributed by atoms with E-state index in [4.69, 9.17) is 0 Å². The van der Waals surface area contributed by atoms with E-state index in [-0.39, 0.29) is 17.4 Å². The van der Waals surface area contributed by atoms with Crippen LogP contribution in [-0.2, 0) is 17.8 Å². The molecule has 2 aromatic heterocycles. The van der Waals surface area contributed by atoms with Crippen molar-refractivity contribution in [3.05, 3.63) is 63.0 Å². The zero-order valence-corrected chi connectivity index (χ0v) is 14.8. The second-order valence-electron chi connectivity index (χ2n) is 6.49. The number of likely N-dealkylation sites (N-methyl/N-ethyl adjacent to an activating group) is 1. The fraction of sp³-hybridized carbons (Fsp3) is 0.316. The number of thiophene rings is 1. The third-order valence-corrected chi connectivity index (χ3v) is 5.70. The molecule has 0 aliphatic heterocycles. The van der Waals surface area contributed by atoms with E-state index in [2.05, 4.69) is 22.1 Å². The van der Waals surface area contributed by atoms with Crippen molar-refractivity contribution in [2.75, 3.05) is 7.05 Å². The van der Waals surface area contributed by atoms with Gasteiger partial charge in [0.25, 0.3) is 5.56 Å². The number of aromatic amines is 1. The van der Waals surface area contributed by atoms with Crippen LogP contribution in [0.25, 0.3) is 10.2 Å². The van der Waals surface area contributed by atoms with Gasteiger partial charge in [0.1, 0.15) is 10.5 Å². The second kappa shape index (κ2) is 6.44. The van der Waals surface area contributed by atoms with E-state index >= 15 is 0 Å². The Morgan fingerprint density at radius 1 is 1.36 bits per heavy atom. The van der Waals surface area contributed by atoms with Gasteiger partial charge in [0.05, 0.1) is 18.0 Å². The predicted octanol–water partition coefficient (Wildman–Crippen LogP) is 3.06. The van der Waals surface area contributed by atoms with Crippen LogP contribution in [0.15, 0.2) is 40.5 Å². The van der Waals surface area contributed by atoms with Crippen LogP contribution in [0.1, 0.15) is 35.7 Å². The zero-order valence-electron chi connectivity index (χ0n) is 14.0. The van der Waals surface area contributed by atoms with Crippen molar-refractivity contribution in [1.82, 2.24) is 14.9 Å². The number of aryl methyl sites for hydroxylation is 1. The van der Waals surface area contributed by atoms with E-state index in [0.717, 1.165) is 24.8 Å². The molecule has 3 aromatic rings. The summed E-state index contributed by atoms with van der Waals surface area (Å²) in [6.45, 7) is 0.304. The molecule has 0 fully saturated rings. The molecular formula is C19H19N3O2S. The average molecular weight is 353 g/mol. The Balaban J connectivity index is 1.57. The number of fused-ring (bicyclic) bond motifs is 2. The van der Waals surface area contributed by atoms with E-state index in [1.165, 1.54) is 16.9 Å². The smallest absolute Gasteiger partial charge is 0.268 e. The quantitative estimate of drug-likeness (QED) is 0.787. The van der Waals surface area contributed by atoms with Crippen LogP contribution in [0.5, 0.6) is 0 Å². The number of benzene rings is 1. The monoisotopic (exact) mass is 353 g/mol. The standard InChI is InChI=1S/C19H19N3O2S/c1-22(11-16-20-15-9-10-25-17(15)18(23)21-16)19(24)14-8-4-6-12-5-2-3-7-13(12)14/h2-3,5,7,9-10,14H,4,6,8,11H2,1H3,(H,20,21,23). The number of amides is 1. The molecule has 1 aliphatic rings. The van der Waals surface area contributed by atoms with Crippen LogP contribution < -0.4 is 5.56 Å². The van der Waals surface area contributed by atoms with Gasteiger partial charge in [-0.2, -0.15) is 0 Å². The normalized spacial score (nSPS) is 16.6. The van der Waals surface area contributed by atoms with Crippen LogP contribution in [0.4, 0.5) is 0 Å². The molecule has 0 saturated carbocycles. The first-order valence-corrected chi connectivity index (χ1v) is 9.30. The number of hydrogen-bond donors (Lipinski definition) is 1. The van der Waals surface area contributed by atoms with Gasteiger partial charge in [-0.15, -0.1) is 11.3 Å². The molecule has 25 heavy (non-hydrogen) atoms. The highest BCUT2D eigenvalue weighted by Crippen LogP contribution is 2.32. The van der Waals surface area contributed by atoms with Crippen molar-refractivity contribution in [3.63, 3.8) is 0 Å². The molecule has 1 N–H and O–H groups in total. The van der Waals surface area contributed by atoms with Gasteiger partial charge in [0, 0.05) is 7.05 Å². The van der Waals surface area contributed by atoms with E-state index in [0.29, 0.717) is 22.6 Å². The maximum absolute atomic E-state index is 13.0. The minimum absolute atomic E-state index is 0.0835. The van der Waals surface area contributed by atoms with Gasteiger partial charge >= 0.3 is 0 Å². The van der Waals surface area contributed by atoms with Gasteiger partial charge in [-0.3, -0.25) is 9.59 Å². The van der Waals surface area contributed by atoms with Gasteiger partial charge in [-0.25, -0.2) is 4.98 Å². The first-order valence-electron chi connectivity index (χ1n) is 8.42. The molecule has 1 aliphatic carbocycles. The first kappa shape index (κ1) is 16.0. The van der Waals surface area contributed by atoms with Crippen molar-refractivity contribution in [2.24, 2.45) is 0 Å². The van der Waals surface area contributed by atoms with E-state index in [1.54, 1.807) is 11.9 Å². The maximum Gasteiger partial charge on any atom is 0.268 e. The number of H-pyrrole nitrogens is 1. The molecule has 1 atom stereocenters. The first-order chi connectivity index (χ1) is 12.1. The Morgan fingerprint density at radius 3 is 3.08 bits per heavy atom. The predicted molar refractivity (Wildman–Crippen MR) is 98.8 cm³/mol. The zero-order chi connectivity index (χ0) is 17.4. The molecule has 0 bridgehead atoms. The molecule has 1 amide bonds. The summed E-state index contributed by atoms with van der Waals surface area (Å²) in [5.74, 6) is 0.502. The summed E-state index contributed by atoms with van der Waals surface area (Å²) in [4.78, 5) is 34.0. The summed E-state index contributed by atoms with van der Waals surface area (Å²) in [6, 6.07) is 10.0. The fourth-order valence-corrected chi connectivity index (χ4v) is 4.30. The number of nitrogens with zero attached hydrogens (tertiary/aromatic N) is 2. The van der Waals surface area contributed by atoms with Crippen molar-refractivity contribution in [2.45, 2.75) is 31.7 Å². The highest BCUT2D eigenvalue weighted by Gasteiger charge is 2.28. The third-order valence-electron chi connectivity index (χ3n) is 4.79. The number of hydrogen-bond acceptors (Lipinski definition) is 4. The molecule has 0 saturated heterocycles.